The van der Waals surface area contributed by atoms with Gasteiger partial charge in [0, 0.05) is 17.6 Å². The van der Waals surface area contributed by atoms with E-state index in [4.69, 9.17) is 11.6 Å². The molecule has 0 radical (unpaired) electrons. The second kappa shape index (κ2) is 7.28. The smallest absolute Gasteiger partial charge is 0.0453 e. The first kappa shape index (κ1) is 14.8. The monoisotopic (exact) mass is 280 g/mol. The summed E-state index contributed by atoms with van der Waals surface area (Å²) in [4.78, 5) is 2.61. The lowest BCUT2D eigenvalue weighted by atomic mass is 10.0. The van der Waals surface area contributed by atoms with E-state index < -0.39 is 0 Å². The number of halogens is 1. The first-order valence-electron chi connectivity index (χ1n) is 7.40. The zero-order chi connectivity index (χ0) is 13.7. The van der Waals surface area contributed by atoms with Crippen molar-refractivity contribution in [3.63, 3.8) is 0 Å². The third-order valence-electron chi connectivity index (χ3n) is 3.92. The van der Waals surface area contributed by atoms with Crippen molar-refractivity contribution in [3.05, 3.63) is 34.3 Å². The maximum Gasteiger partial charge on any atom is 0.0453 e. The van der Waals surface area contributed by atoms with Crippen LogP contribution in [0.4, 0.5) is 0 Å². The highest BCUT2D eigenvalue weighted by Gasteiger charge is 2.20. The third-order valence-corrected chi connectivity index (χ3v) is 4.27. The van der Waals surface area contributed by atoms with Crippen molar-refractivity contribution < 1.29 is 0 Å². The van der Waals surface area contributed by atoms with Crippen LogP contribution in [0.25, 0.3) is 0 Å². The Hall–Kier alpha value is -0.570. The normalized spacial score (nSPS) is 17.1. The van der Waals surface area contributed by atoms with Crippen LogP contribution in [-0.4, -0.2) is 30.6 Å². The molecule has 1 heterocycles. The molecule has 1 fully saturated rings. The topological polar surface area (TPSA) is 15.3 Å². The van der Waals surface area contributed by atoms with Crippen LogP contribution < -0.4 is 5.32 Å². The van der Waals surface area contributed by atoms with E-state index in [1.807, 2.05) is 0 Å². The molecule has 2 nitrogen and oxygen atoms in total. The predicted octanol–water partition coefficient (Wildman–Crippen LogP) is 3.61. The highest BCUT2D eigenvalue weighted by Crippen LogP contribution is 2.22. The standard InChI is InChI=1S/C16H25ClN2/c1-3-10-19(15-6-8-18-9-7-15)12-14-5-4-13(2)11-16(14)17/h4-5,11,15,18H,3,6-10,12H2,1-2H3. The van der Waals surface area contributed by atoms with Crippen LogP contribution in [-0.2, 0) is 6.54 Å². The molecule has 3 heteroatoms. The van der Waals surface area contributed by atoms with E-state index in [0.717, 1.165) is 31.2 Å². The minimum absolute atomic E-state index is 0.707. The Balaban J connectivity index is 2.06. The van der Waals surface area contributed by atoms with E-state index in [1.165, 1.54) is 30.4 Å². The van der Waals surface area contributed by atoms with E-state index >= 15 is 0 Å². The van der Waals surface area contributed by atoms with Crippen LogP contribution in [0.5, 0.6) is 0 Å². The van der Waals surface area contributed by atoms with Gasteiger partial charge in [-0.25, -0.2) is 0 Å². The Bertz CT molecular complexity index is 400. The Morgan fingerprint density at radius 2 is 2.05 bits per heavy atom. The van der Waals surface area contributed by atoms with Gasteiger partial charge in [-0.2, -0.15) is 0 Å². The lowest BCUT2D eigenvalue weighted by Crippen LogP contribution is -2.43. The lowest BCUT2D eigenvalue weighted by Gasteiger charge is -2.34. The summed E-state index contributed by atoms with van der Waals surface area (Å²) in [6.45, 7) is 8.78. The first-order chi connectivity index (χ1) is 9.20. The highest BCUT2D eigenvalue weighted by molar-refractivity contribution is 6.31. The van der Waals surface area contributed by atoms with E-state index in [9.17, 15) is 0 Å². The van der Waals surface area contributed by atoms with Crippen molar-refractivity contribution >= 4 is 11.6 Å². The molecule has 1 aliphatic heterocycles. The molecular weight excluding hydrogens is 256 g/mol. The molecule has 1 aliphatic rings. The summed E-state index contributed by atoms with van der Waals surface area (Å²) in [6, 6.07) is 7.12. The summed E-state index contributed by atoms with van der Waals surface area (Å²) in [6.07, 6.45) is 3.71. The number of rotatable bonds is 5. The van der Waals surface area contributed by atoms with Crippen molar-refractivity contribution in [3.8, 4) is 0 Å². The van der Waals surface area contributed by atoms with Gasteiger partial charge in [-0.3, -0.25) is 4.90 Å². The Morgan fingerprint density at radius 1 is 1.32 bits per heavy atom. The lowest BCUT2D eigenvalue weighted by molar-refractivity contribution is 0.154. The molecule has 0 bridgehead atoms. The fraction of sp³-hybridized carbons (Fsp3) is 0.625. The summed E-state index contributed by atoms with van der Waals surface area (Å²) < 4.78 is 0. The van der Waals surface area contributed by atoms with Gasteiger partial charge >= 0.3 is 0 Å². The Morgan fingerprint density at radius 3 is 2.68 bits per heavy atom. The fourth-order valence-corrected chi connectivity index (χ4v) is 3.14. The maximum atomic E-state index is 6.37. The van der Waals surface area contributed by atoms with Crippen molar-refractivity contribution in [2.45, 2.75) is 45.7 Å². The minimum atomic E-state index is 0.707. The van der Waals surface area contributed by atoms with Crippen molar-refractivity contribution in [1.82, 2.24) is 10.2 Å². The molecular formula is C16H25ClN2. The molecule has 2 rings (SSSR count). The first-order valence-corrected chi connectivity index (χ1v) is 7.78. The van der Waals surface area contributed by atoms with Crippen LogP contribution in [0.15, 0.2) is 18.2 Å². The van der Waals surface area contributed by atoms with Gasteiger partial charge in [0.25, 0.3) is 0 Å². The molecule has 19 heavy (non-hydrogen) atoms. The summed E-state index contributed by atoms with van der Waals surface area (Å²) in [5, 5.41) is 4.35. The summed E-state index contributed by atoms with van der Waals surface area (Å²) in [7, 11) is 0. The molecule has 0 saturated carbocycles. The van der Waals surface area contributed by atoms with Crippen LogP contribution in [0.3, 0.4) is 0 Å². The van der Waals surface area contributed by atoms with Crippen molar-refractivity contribution in [2.75, 3.05) is 19.6 Å². The minimum Gasteiger partial charge on any atom is -0.317 e. The number of hydrogen-bond donors (Lipinski definition) is 1. The summed E-state index contributed by atoms with van der Waals surface area (Å²) in [5.74, 6) is 0. The molecule has 0 spiro atoms. The van der Waals surface area contributed by atoms with E-state index in [-0.39, 0.29) is 0 Å². The summed E-state index contributed by atoms with van der Waals surface area (Å²) in [5.41, 5.74) is 2.50. The molecule has 0 aliphatic carbocycles. The quantitative estimate of drug-likeness (QED) is 0.886. The molecule has 0 aromatic heterocycles. The summed E-state index contributed by atoms with van der Waals surface area (Å²) >= 11 is 6.37. The zero-order valence-electron chi connectivity index (χ0n) is 12.1. The maximum absolute atomic E-state index is 6.37. The SMILES string of the molecule is CCCN(Cc1ccc(C)cc1Cl)C1CCNCC1. The Kier molecular flexibility index (Phi) is 5.68. The molecule has 0 unspecified atom stereocenters. The van der Waals surface area contributed by atoms with Gasteiger partial charge in [-0.15, -0.1) is 0 Å². The van der Waals surface area contributed by atoms with Gasteiger partial charge in [0.1, 0.15) is 0 Å². The van der Waals surface area contributed by atoms with Crippen LogP contribution >= 0.6 is 11.6 Å². The molecule has 1 saturated heterocycles. The largest absolute Gasteiger partial charge is 0.317 e. The zero-order valence-corrected chi connectivity index (χ0v) is 12.8. The molecule has 0 amide bonds. The van der Waals surface area contributed by atoms with E-state index in [2.05, 4.69) is 42.3 Å². The second-order valence-electron chi connectivity index (χ2n) is 5.55. The average molecular weight is 281 g/mol. The van der Waals surface area contributed by atoms with Gasteiger partial charge in [0.05, 0.1) is 0 Å². The number of piperidine rings is 1. The van der Waals surface area contributed by atoms with E-state index in [1.54, 1.807) is 0 Å². The number of nitrogens with zero attached hydrogens (tertiary/aromatic N) is 1. The second-order valence-corrected chi connectivity index (χ2v) is 5.95. The van der Waals surface area contributed by atoms with Gasteiger partial charge < -0.3 is 5.32 Å². The molecule has 1 aromatic carbocycles. The molecule has 106 valence electrons. The number of benzene rings is 1. The Labute approximate surface area is 122 Å². The van der Waals surface area contributed by atoms with Crippen LogP contribution in [0.1, 0.15) is 37.3 Å². The number of hydrogen-bond acceptors (Lipinski definition) is 2. The highest BCUT2D eigenvalue weighted by atomic mass is 35.5. The van der Waals surface area contributed by atoms with Gasteiger partial charge in [0.2, 0.25) is 0 Å². The third kappa shape index (κ3) is 4.20. The van der Waals surface area contributed by atoms with Crippen LogP contribution in [0, 0.1) is 6.92 Å². The number of nitrogens with one attached hydrogen (secondary N) is 1. The molecule has 1 N–H and O–H groups in total. The van der Waals surface area contributed by atoms with Gasteiger partial charge in [0.15, 0.2) is 0 Å². The van der Waals surface area contributed by atoms with Crippen molar-refractivity contribution in [2.24, 2.45) is 0 Å². The predicted molar refractivity (Wildman–Crippen MR) is 82.8 cm³/mol. The van der Waals surface area contributed by atoms with Crippen molar-refractivity contribution in [1.29, 1.82) is 0 Å². The van der Waals surface area contributed by atoms with Gasteiger partial charge in [-0.1, -0.05) is 30.7 Å². The fourth-order valence-electron chi connectivity index (χ4n) is 2.85. The molecule has 0 atom stereocenters. The van der Waals surface area contributed by atoms with E-state index in [0.29, 0.717) is 6.04 Å². The van der Waals surface area contributed by atoms with Crippen LogP contribution in [0.2, 0.25) is 5.02 Å². The molecule has 1 aromatic rings. The average Bonchev–Trinajstić information content (AvgIpc) is 2.42. The number of aryl methyl sites for hydroxylation is 1. The van der Waals surface area contributed by atoms with Gasteiger partial charge in [-0.05, 0) is 63.0 Å².